The summed E-state index contributed by atoms with van der Waals surface area (Å²) in [6, 6.07) is 5.77. The van der Waals surface area contributed by atoms with E-state index in [0.29, 0.717) is 19.5 Å². The van der Waals surface area contributed by atoms with Gasteiger partial charge in [0.2, 0.25) is 5.91 Å². The number of hydrogen-bond donors (Lipinski definition) is 1. The Kier molecular flexibility index (Phi) is 5.31. The van der Waals surface area contributed by atoms with Crippen LogP contribution in [-0.4, -0.2) is 36.0 Å². The molecule has 1 aromatic carbocycles. The number of ether oxygens (including phenoxy) is 1. The molecular weight excluding hydrogens is 271 g/mol. The molecule has 2 rings (SSSR count). The van der Waals surface area contributed by atoms with Gasteiger partial charge in [0.15, 0.2) is 0 Å². The van der Waals surface area contributed by atoms with Gasteiger partial charge in [-0.1, -0.05) is 25.5 Å². The number of carbonyl (C=O) groups excluding carboxylic acids is 1. The largest absolute Gasteiger partial charge is 0.367 e. The van der Waals surface area contributed by atoms with Crippen molar-refractivity contribution in [2.24, 2.45) is 5.73 Å². The zero-order chi connectivity index (χ0) is 15.4. The molecule has 1 amide bonds. The summed E-state index contributed by atoms with van der Waals surface area (Å²) in [7, 11) is 0. The van der Waals surface area contributed by atoms with Crippen LogP contribution >= 0.6 is 0 Å². The zero-order valence-electron chi connectivity index (χ0n) is 12.6. The Labute approximate surface area is 125 Å². The van der Waals surface area contributed by atoms with E-state index in [2.05, 4.69) is 0 Å². The Morgan fingerprint density at radius 2 is 2.10 bits per heavy atom. The van der Waals surface area contributed by atoms with Crippen LogP contribution in [0.3, 0.4) is 0 Å². The van der Waals surface area contributed by atoms with Crippen LogP contribution in [-0.2, 0) is 9.53 Å². The number of rotatable bonds is 4. The average molecular weight is 294 g/mol. The van der Waals surface area contributed by atoms with Crippen LogP contribution in [0.2, 0.25) is 0 Å². The summed E-state index contributed by atoms with van der Waals surface area (Å²) in [6.45, 7) is 4.96. The minimum Gasteiger partial charge on any atom is -0.367 e. The zero-order valence-corrected chi connectivity index (χ0v) is 12.6. The summed E-state index contributed by atoms with van der Waals surface area (Å²) in [5.41, 5.74) is 6.81. The van der Waals surface area contributed by atoms with E-state index in [-0.39, 0.29) is 23.9 Å². The molecule has 3 atom stereocenters. The predicted octanol–water partition coefficient (Wildman–Crippen LogP) is 2.24. The molecule has 21 heavy (non-hydrogen) atoms. The third kappa shape index (κ3) is 4.02. The summed E-state index contributed by atoms with van der Waals surface area (Å²) in [5.74, 6) is -0.306. The Hall–Kier alpha value is -1.46. The van der Waals surface area contributed by atoms with Crippen LogP contribution in [0.5, 0.6) is 0 Å². The van der Waals surface area contributed by atoms with E-state index in [1.165, 1.54) is 12.1 Å². The summed E-state index contributed by atoms with van der Waals surface area (Å²) < 4.78 is 18.9. The van der Waals surface area contributed by atoms with Gasteiger partial charge in [0, 0.05) is 6.54 Å². The van der Waals surface area contributed by atoms with Crippen molar-refractivity contribution in [3.63, 3.8) is 0 Å². The lowest BCUT2D eigenvalue weighted by Gasteiger charge is -2.38. The average Bonchev–Trinajstić information content (AvgIpc) is 2.46. The van der Waals surface area contributed by atoms with Crippen molar-refractivity contribution in [2.75, 3.05) is 13.1 Å². The van der Waals surface area contributed by atoms with E-state index in [1.807, 2.05) is 13.8 Å². The van der Waals surface area contributed by atoms with Crippen molar-refractivity contribution < 1.29 is 13.9 Å². The van der Waals surface area contributed by atoms with Gasteiger partial charge in [0.1, 0.15) is 11.9 Å². The second kappa shape index (κ2) is 7.00. The number of benzene rings is 1. The first-order chi connectivity index (χ1) is 10.0. The maximum Gasteiger partial charge on any atom is 0.239 e. The van der Waals surface area contributed by atoms with Crippen molar-refractivity contribution in [1.29, 1.82) is 0 Å². The second-order valence-corrected chi connectivity index (χ2v) is 5.63. The molecule has 1 aliphatic rings. The van der Waals surface area contributed by atoms with Gasteiger partial charge in [-0.25, -0.2) is 4.39 Å². The molecule has 0 saturated carbocycles. The van der Waals surface area contributed by atoms with Crippen molar-refractivity contribution >= 4 is 5.91 Å². The molecule has 0 bridgehead atoms. The van der Waals surface area contributed by atoms with Crippen LogP contribution in [0, 0.1) is 5.82 Å². The van der Waals surface area contributed by atoms with E-state index in [4.69, 9.17) is 10.5 Å². The van der Waals surface area contributed by atoms with E-state index >= 15 is 0 Å². The molecule has 0 aliphatic carbocycles. The maximum absolute atomic E-state index is 13.0. The third-order valence-corrected chi connectivity index (χ3v) is 3.73. The van der Waals surface area contributed by atoms with Crippen molar-refractivity contribution in [1.82, 2.24) is 4.90 Å². The summed E-state index contributed by atoms with van der Waals surface area (Å²) in [5, 5.41) is 0. The van der Waals surface area contributed by atoms with Crippen molar-refractivity contribution in [3.05, 3.63) is 35.6 Å². The van der Waals surface area contributed by atoms with E-state index in [9.17, 15) is 9.18 Å². The second-order valence-electron chi connectivity index (χ2n) is 5.63. The molecule has 0 aromatic heterocycles. The lowest BCUT2D eigenvalue weighted by Crippen LogP contribution is -2.51. The smallest absolute Gasteiger partial charge is 0.239 e. The molecule has 1 fully saturated rings. The topological polar surface area (TPSA) is 55.6 Å². The number of hydrogen-bond acceptors (Lipinski definition) is 3. The maximum atomic E-state index is 13.0. The predicted molar refractivity (Wildman–Crippen MR) is 79.2 cm³/mol. The van der Waals surface area contributed by atoms with Crippen molar-refractivity contribution in [3.8, 4) is 0 Å². The van der Waals surface area contributed by atoms with E-state index in [1.54, 1.807) is 17.0 Å². The molecule has 4 nitrogen and oxygen atoms in total. The number of morpholine rings is 1. The van der Waals surface area contributed by atoms with E-state index in [0.717, 1.165) is 12.0 Å². The molecule has 1 aliphatic heterocycles. The van der Waals surface area contributed by atoms with E-state index < -0.39 is 6.04 Å². The summed E-state index contributed by atoms with van der Waals surface area (Å²) in [4.78, 5) is 14.1. The lowest BCUT2D eigenvalue weighted by atomic mass is 10.0. The van der Waals surface area contributed by atoms with Gasteiger partial charge in [-0.15, -0.1) is 0 Å². The minimum atomic E-state index is -0.450. The Bertz CT molecular complexity index is 478. The molecule has 1 saturated heterocycles. The molecule has 5 heteroatoms. The van der Waals surface area contributed by atoms with Crippen LogP contribution in [0.1, 0.15) is 38.4 Å². The highest BCUT2D eigenvalue weighted by molar-refractivity contribution is 5.81. The van der Waals surface area contributed by atoms with Crippen LogP contribution in [0.25, 0.3) is 0 Å². The highest BCUT2D eigenvalue weighted by Gasteiger charge is 2.31. The molecular formula is C16H23FN2O2. The minimum absolute atomic E-state index is 0.0286. The molecule has 116 valence electrons. The van der Waals surface area contributed by atoms with Gasteiger partial charge >= 0.3 is 0 Å². The first-order valence-electron chi connectivity index (χ1n) is 7.46. The Balaban J connectivity index is 2.08. The SMILES string of the molecule is CCCC(N)C(=O)N1CC(C)OC(c2ccc(F)cc2)C1. The quantitative estimate of drug-likeness (QED) is 0.926. The molecule has 0 spiro atoms. The van der Waals surface area contributed by atoms with Crippen LogP contribution in [0.4, 0.5) is 4.39 Å². The number of nitrogens with two attached hydrogens (primary N) is 1. The normalized spacial score (nSPS) is 23.9. The Morgan fingerprint density at radius 3 is 2.71 bits per heavy atom. The molecule has 2 N–H and O–H groups in total. The molecule has 0 radical (unpaired) electrons. The molecule has 1 heterocycles. The molecule has 3 unspecified atom stereocenters. The summed E-state index contributed by atoms with van der Waals surface area (Å²) >= 11 is 0. The standard InChI is InChI=1S/C16H23FN2O2/c1-3-4-14(18)16(20)19-9-11(2)21-15(10-19)12-5-7-13(17)8-6-12/h5-8,11,14-15H,3-4,9-10,18H2,1-2H3. The van der Waals surface area contributed by atoms with Gasteiger partial charge in [0.25, 0.3) is 0 Å². The van der Waals surface area contributed by atoms with Crippen LogP contribution < -0.4 is 5.73 Å². The third-order valence-electron chi connectivity index (χ3n) is 3.73. The first-order valence-corrected chi connectivity index (χ1v) is 7.46. The number of halogens is 1. The van der Waals surface area contributed by atoms with Crippen molar-refractivity contribution in [2.45, 2.75) is 44.9 Å². The van der Waals surface area contributed by atoms with Gasteiger partial charge in [-0.05, 0) is 31.0 Å². The molecule has 1 aromatic rings. The number of nitrogens with zero attached hydrogens (tertiary/aromatic N) is 1. The summed E-state index contributed by atoms with van der Waals surface area (Å²) in [6.07, 6.45) is 1.28. The van der Waals surface area contributed by atoms with Gasteiger partial charge in [0.05, 0.1) is 18.7 Å². The highest BCUT2D eigenvalue weighted by atomic mass is 19.1. The lowest BCUT2D eigenvalue weighted by molar-refractivity contribution is -0.146. The first kappa shape index (κ1) is 15.9. The number of carbonyl (C=O) groups is 1. The van der Waals surface area contributed by atoms with Gasteiger partial charge in [-0.2, -0.15) is 0 Å². The number of amides is 1. The van der Waals surface area contributed by atoms with Gasteiger partial charge < -0.3 is 15.4 Å². The fraction of sp³-hybridized carbons (Fsp3) is 0.562. The van der Waals surface area contributed by atoms with Gasteiger partial charge in [-0.3, -0.25) is 4.79 Å². The van der Waals surface area contributed by atoms with Crippen LogP contribution in [0.15, 0.2) is 24.3 Å². The Morgan fingerprint density at radius 1 is 1.43 bits per heavy atom. The fourth-order valence-corrected chi connectivity index (χ4v) is 2.66. The highest BCUT2D eigenvalue weighted by Crippen LogP contribution is 2.25. The monoisotopic (exact) mass is 294 g/mol. The fourth-order valence-electron chi connectivity index (χ4n) is 2.66.